The molecule has 0 aromatic rings. The van der Waals surface area contributed by atoms with Gasteiger partial charge in [0.05, 0.1) is 12.5 Å². The predicted octanol–water partition coefficient (Wildman–Crippen LogP) is 1.12. The number of hydroxylamine groups is 2. The lowest BCUT2D eigenvalue weighted by molar-refractivity contribution is -0.159. The van der Waals surface area contributed by atoms with Crippen LogP contribution in [0, 0.1) is 5.92 Å². The van der Waals surface area contributed by atoms with Gasteiger partial charge in [0, 0.05) is 0 Å². The Morgan fingerprint density at radius 2 is 2.14 bits per heavy atom. The molecule has 0 fully saturated rings. The molecular formula is C9H17NO4. The van der Waals surface area contributed by atoms with E-state index < -0.39 is 11.9 Å². The molecule has 0 saturated heterocycles. The molecule has 0 rings (SSSR count). The Bertz CT molecular complexity index is 184. The molecule has 14 heavy (non-hydrogen) atoms. The van der Waals surface area contributed by atoms with E-state index in [0.29, 0.717) is 11.5 Å². The molecule has 2 N–H and O–H groups in total. The third-order valence-electron chi connectivity index (χ3n) is 2.03. The largest absolute Gasteiger partial charge is 0.481 e. The summed E-state index contributed by atoms with van der Waals surface area (Å²) >= 11 is 0. The van der Waals surface area contributed by atoms with Crippen molar-refractivity contribution in [2.75, 3.05) is 6.54 Å². The van der Waals surface area contributed by atoms with Crippen molar-refractivity contribution in [3.05, 3.63) is 0 Å². The predicted molar refractivity (Wildman–Crippen MR) is 49.8 cm³/mol. The van der Waals surface area contributed by atoms with Crippen molar-refractivity contribution >= 4 is 12.4 Å². The van der Waals surface area contributed by atoms with Gasteiger partial charge in [-0.05, 0) is 6.42 Å². The van der Waals surface area contributed by atoms with Gasteiger partial charge in [0.15, 0.2) is 0 Å². The Kier molecular flexibility index (Phi) is 6.74. The first kappa shape index (κ1) is 12.9. The molecule has 0 aromatic heterocycles. The van der Waals surface area contributed by atoms with Gasteiger partial charge >= 0.3 is 5.97 Å². The maximum atomic E-state index is 10.7. The van der Waals surface area contributed by atoms with E-state index in [1.807, 2.05) is 6.92 Å². The topological polar surface area (TPSA) is 77.8 Å². The molecule has 0 unspecified atom stereocenters. The quantitative estimate of drug-likeness (QED) is 0.268. The number of carboxylic acids is 1. The van der Waals surface area contributed by atoms with Gasteiger partial charge in [0.1, 0.15) is 0 Å². The summed E-state index contributed by atoms with van der Waals surface area (Å²) in [7, 11) is 0. The molecule has 1 atom stereocenters. The number of carbonyl (C=O) groups is 2. The van der Waals surface area contributed by atoms with Gasteiger partial charge in [0.25, 0.3) is 0 Å². The van der Waals surface area contributed by atoms with Crippen LogP contribution in [0.1, 0.15) is 32.6 Å². The number of unbranched alkanes of at least 4 members (excludes halogenated alkanes) is 2. The Hall–Kier alpha value is -1.10. The van der Waals surface area contributed by atoms with Crippen LogP contribution in [-0.4, -0.2) is 34.3 Å². The normalized spacial score (nSPS) is 12.1. The summed E-state index contributed by atoms with van der Waals surface area (Å²) in [6.45, 7) is 1.89. The highest BCUT2D eigenvalue weighted by Crippen LogP contribution is 2.10. The van der Waals surface area contributed by atoms with Gasteiger partial charge in [-0.1, -0.05) is 26.2 Å². The molecular weight excluding hydrogens is 186 g/mol. The first-order valence-corrected chi connectivity index (χ1v) is 4.75. The zero-order valence-corrected chi connectivity index (χ0v) is 8.35. The molecule has 0 saturated carbocycles. The molecule has 0 aromatic carbocycles. The van der Waals surface area contributed by atoms with Crippen LogP contribution in [0.25, 0.3) is 0 Å². The summed E-state index contributed by atoms with van der Waals surface area (Å²) in [5.74, 6) is -1.64. The SMILES string of the molecule is CCCCC[C@H](CN(O)C=O)C(=O)O. The third kappa shape index (κ3) is 5.53. The van der Waals surface area contributed by atoms with E-state index >= 15 is 0 Å². The van der Waals surface area contributed by atoms with Crippen LogP contribution in [-0.2, 0) is 9.59 Å². The molecule has 0 aliphatic rings. The molecule has 5 nitrogen and oxygen atoms in total. The molecule has 1 amide bonds. The fraction of sp³-hybridized carbons (Fsp3) is 0.778. The maximum Gasteiger partial charge on any atom is 0.308 e. The van der Waals surface area contributed by atoms with E-state index in [1.165, 1.54) is 0 Å². The average Bonchev–Trinajstić information content (AvgIpc) is 2.16. The second-order valence-corrected chi connectivity index (χ2v) is 3.26. The van der Waals surface area contributed by atoms with Crippen molar-refractivity contribution < 1.29 is 19.9 Å². The maximum absolute atomic E-state index is 10.7. The Balaban J connectivity index is 3.89. The van der Waals surface area contributed by atoms with Crippen molar-refractivity contribution in [3.8, 4) is 0 Å². The minimum atomic E-state index is -0.970. The Morgan fingerprint density at radius 3 is 2.57 bits per heavy atom. The molecule has 82 valence electrons. The molecule has 0 aliphatic carbocycles. The summed E-state index contributed by atoms with van der Waals surface area (Å²) in [5.41, 5.74) is 0. The van der Waals surface area contributed by atoms with Gasteiger partial charge < -0.3 is 5.11 Å². The number of amides is 1. The molecule has 0 radical (unpaired) electrons. The molecule has 0 heterocycles. The minimum absolute atomic E-state index is 0.136. The van der Waals surface area contributed by atoms with Crippen LogP contribution in [0.3, 0.4) is 0 Å². The lowest BCUT2D eigenvalue weighted by atomic mass is 10.0. The van der Waals surface area contributed by atoms with Crippen molar-refractivity contribution in [1.82, 2.24) is 5.06 Å². The van der Waals surface area contributed by atoms with E-state index in [-0.39, 0.29) is 13.0 Å². The van der Waals surface area contributed by atoms with Crippen molar-refractivity contribution in [1.29, 1.82) is 0 Å². The summed E-state index contributed by atoms with van der Waals surface area (Å²) in [6.07, 6.45) is 3.50. The monoisotopic (exact) mass is 203 g/mol. The van der Waals surface area contributed by atoms with Crippen LogP contribution in [0.15, 0.2) is 0 Å². The lowest BCUT2D eigenvalue weighted by Crippen LogP contribution is -2.29. The standard InChI is InChI=1S/C9H17NO4/c1-2-3-4-5-8(9(12)13)6-10(14)7-11/h7-8,14H,2-6H2,1H3,(H,12,13)/t8-/m1/s1. The summed E-state index contributed by atoms with van der Waals surface area (Å²) in [4.78, 5) is 20.8. The van der Waals surface area contributed by atoms with Gasteiger partial charge in [-0.25, -0.2) is 5.06 Å². The minimum Gasteiger partial charge on any atom is -0.481 e. The van der Waals surface area contributed by atoms with Gasteiger partial charge in [-0.3, -0.25) is 14.8 Å². The zero-order valence-electron chi connectivity index (χ0n) is 8.35. The number of aliphatic carboxylic acids is 1. The third-order valence-corrected chi connectivity index (χ3v) is 2.03. The number of hydrogen-bond acceptors (Lipinski definition) is 3. The van der Waals surface area contributed by atoms with E-state index in [9.17, 15) is 9.59 Å². The summed E-state index contributed by atoms with van der Waals surface area (Å²) in [5, 5.41) is 18.0. The highest BCUT2D eigenvalue weighted by molar-refractivity contribution is 5.70. The highest BCUT2D eigenvalue weighted by Gasteiger charge is 2.19. The first-order valence-electron chi connectivity index (χ1n) is 4.75. The zero-order chi connectivity index (χ0) is 11.0. The average molecular weight is 203 g/mol. The lowest BCUT2D eigenvalue weighted by Gasteiger charge is -2.15. The molecule has 0 spiro atoms. The molecule has 0 bridgehead atoms. The second-order valence-electron chi connectivity index (χ2n) is 3.26. The fourth-order valence-corrected chi connectivity index (χ4v) is 1.20. The van der Waals surface area contributed by atoms with Gasteiger partial charge in [-0.15, -0.1) is 0 Å². The van der Waals surface area contributed by atoms with E-state index in [0.717, 1.165) is 19.3 Å². The van der Waals surface area contributed by atoms with Gasteiger partial charge in [-0.2, -0.15) is 0 Å². The van der Waals surface area contributed by atoms with Crippen LogP contribution in [0.4, 0.5) is 0 Å². The van der Waals surface area contributed by atoms with Crippen LogP contribution in [0.5, 0.6) is 0 Å². The van der Waals surface area contributed by atoms with E-state index in [4.69, 9.17) is 10.3 Å². The van der Waals surface area contributed by atoms with Crippen LogP contribution >= 0.6 is 0 Å². The number of nitrogens with zero attached hydrogens (tertiary/aromatic N) is 1. The fourth-order valence-electron chi connectivity index (χ4n) is 1.20. The summed E-state index contributed by atoms with van der Waals surface area (Å²) in [6, 6.07) is 0. The smallest absolute Gasteiger partial charge is 0.308 e. The van der Waals surface area contributed by atoms with E-state index in [1.54, 1.807) is 0 Å². The van der Waals surface area contributed by atoms with Crippen molar-refractivity contribution in [3.63, 3.8) is 0 Å². The highest BCUT2D eigenvalue weighted by atomic mass is 16.5. The first-order chi connectivity index (χ1) is 6.61. The van der Waals surface area contributed by atoms with Crippen LogP contribution < -0.4 is 0 Å². The van der Waals surface area contributed by atoms with Crippen molar-refractivity contribution in [2.45, 2.75) is 32.6 Å². The molecule has 0 aliphatic heterocycles. The van der Waals surface area contributed by atoms with Crippen LogP contribution in [0.2, 0.25) is 0 Å². The van der Waals surface area contributed by atoms with Crippen molar-refractivity contribution in [2.24, 2.45) is 5.92 Å². The second kappa shape index (κ2) is 7.32. The number of carbonyl (C=O) groups excluding carboxylic acids is 1. The number of hydrogen-bond donors (Lipinski definition) is 2. The Morgan fingerprint density at radius 1 is 1.50 bits per heavy atom. The Labute approximate surface area is 83.3 Å². The summed E-state index contributed by atoms with van der Waals surface area (Å²) < 4.78 is 0. The molecule has 5 heteroatoms. The van der Waals surface area contributed by atoms with E-state index in [2.05, 4.69) is 0 Å². The number of carboxylic acid groups (broad SMARTS) is 1. The van der Waals surface area contributed by atoms with Gasteiger partial charge in [0.2, 0.25) is 6.41 Å². The number of rotatable bonds is 8.